The Balaban J connectivity index is 0.000000171. The highest BCUT2D eigenvalue weighted by Crippen LogP contribution is 2.52. The molecule has 8 heteroatoms. The van der Waals surface area contributed by atoms with E-state index in [-0.39, 0.29) is 5.41 Å². The number of thiocarbonyl (C=S) groups is 1. The second-order valence-electron chi connectivity index (χ2n) is 17.7. The molecule has 4 aliphatic heterocycles. The van der Waals surface area contributed by atoms with Gasteiger partial charge in [-0.1, -0.05) is 162 Å². The van der Waals surface area contributed by atoms with Gasteiger partial charge in [0, 0.05) is 72.7 Å². The number of carbonyl (C=O) groups excluding carboxylic acids is 1. The Bertz CT molecular complexity index is 2390. The molecule has 0 saturated carbocycles. The van der Waals surface area contributed by atoms with Gasteiger partial charge in [-0.15, -0.1) is 0 Å². The molecular weight excluding hydrogens is 831 g/mol. The summed E-state index contributed by atoms with van der Waals surface area (Å²) < 4.78 is 4.81. The van der Waals surface area contributed by atoms with Gasteiger partial charge in [-0.2, -0.15) is 0 Å². The Morgan fingerprint density at radius 2 is 1.12 bits per heavy atom. The van der Waals surface area contributed by atoms with Crippen molar-refractivity contribution in [2.45, 2.75) is 89.9 Å². The van der Waals surface area contributed by atoms with E-state index in [1.54, 1.807) is 0 Å². The fourth-order valence-corrected chi connectivity index (χ4v) is 10.4. The van der Waals surface area contributed by atoms with Gasteiger partial charge in [0.1, 0.15) is 0 Å². The lowest BCUT2D eigenvalue weighted by Gasteiger charge is -2.47. The van der Waals surface area contributed by atoms with Crippen LogP contribution in [-0.2, 0) is 10.2 Å². The van der Waals surface area contributed by atoms with Gasteiger partial charge >= 0.3 is 6.09 Å². The van der Waals surface area contributed by atoms with Crippen molar-refractivity contribution in [1.29, 1.82) is 0 Å². The lowest BCUT2D eigenvalue weighted by molar-refractivity contribution is 0.187. The lowest BCUT2D eigenvalue weighted by Crippen LogP contribution is -2.43. The minimum atomic E-state index is -0.422. The van der Waals surface area contributed by atoms with E-state index in [4.69, 9.17) is 17.0 Å². The van der Waals surface area contributed by atoms with Gasteiger partial charge in [-0.3, -0.25) is 5.32 Å². The summed E-state index contributed by atoms with van der Waals surface area (Å²) in [6.07, 6.45) is 5.14. The molecule has 4 atom stereocenters. The van der Waals surface area contributed by atoms with Crippen molar-refractivity contribution in [1.82, 2.24) is 5.32 Å². The summed E-state index contributed by atoms with van der Waals surface area (Å²) in [5, 5.41) is 10.4. The van der Waals surface area contributed by atoms with Gasteiger partial charge in [0.25, 0.3) is 0 Å². The summed E-state index contributed by atoms with van der Waals surface area (Å²) >= 11 is 5.59. The second-order valence-corrected chi connectivity index (χ2v) is 18.1. The SMILES string of the molecule is CC.CCCNC(=S)Nc1cc2c3c(c1)C(c1ccccc1)CCN3CCC2c1ccccc1.COC(=O)Nc1cc2c3c(c1)C(C)(c1ccccc1)CCN3CCC2C.c1ccccc1. The zero-order chi connectivity index (χ0) is 46.5. The molecule has 10 rings (SSSR count). The quantitative estimate of drug-likeness (QED) is 0.138. The number of methoxy groups -OCH3 is 1. The van der Waals surface area contributed by atoms with Crippen LogP contribution in [0.15, 0.2) is 152 Å². The largest absolute Gasteiger partial charge is 0.453 e. The van der Waals surface area contributed by atoms with Crippen molar-refractivity contribution in [3.63, 3.8) is 0 Å². The number of hydrogen-bond donors (Lipinski definition) is 3. The van der Waals surface area contributed by atoms with Crippen LogP contribution >= 0.6 is 12.2 Å². The Morgan fingerprint density at radius 1 is 0.652 bits per heavy atom. The van der Waals surface area contributed by atoms with Gasteiger partial charge in [-0.25, -0.2) is 4.79 Å². The fourth-order valence-electron chi connectivity index (χ4n) is 10.2. The maximum absolute atomic E-state index is 11.8. The number of nitrogens with zero attached hydrogens (tertiary/aromatic N) is 2. The smallest absolute Gasteiger partial charge is 0.411 e. The molecule has 6 aromatic rings. The van der Waals surface area contributed by atoms with Crippen molar-refractivity contribution in [3.05, 3.63) is 191 Å². The minimum absolute atomic E-state index is 0.0628. The summed E-state index contributed by atoms with van der Waals surface area (Å²) in [4.78, 5) is 16.9. The number of amides is 1. The average Bonchev–Trinajstić information content (AvgIpc) is 3.37. The zero-order valence-electron chi connectivity index (χ0n) is 39.9. The fraction of sp³-hybridized carbons (Fsp3) is 0.345. The van der Waals surface area contributed by atoms with Crippen molar-refractivity contribution in [2.75, 3.05) is 60.3 Å². The van der Waals surface area contributed by atoms with E-state index < -0.39 is 6.09 Å². The number of nitrogens with one attached hydrogen (secondary N) is 3. The molecule has 4 heterocycles. The molecule has 0 saturated heterocycles. The van der Waals surface area contributed by atoms with E-state index in [2.05, 4.69) is 162 Å². The number of anilines is 4. The first kappa shape index (κ1) is 47.8. The topological polar surface area (TPSA) is 68.9 Å². The summed E-state index contributed by atoms with van der Waals surface area (Å²) in [7, 11) is 1.40. The maximum atomic E-state index is 11.8. The van der Waals surface area contributed by atoms with Crippen molar-refractivity contribution in [2.24, 2.45) is 0 Å². The Labute approximate surface area is 400 Å². The molecule has 6 aromatic carbocycles. The predicted octanol–water partition coefficient (Wildman–Crippen LogP) is 13.9. The van der Waals surface area contributed by atoms with E-state index in [1.807, 2.05) is 50.2 Å². The summed E-state index contributed by atoms with van der Waals surface area (Å²) in [6.45, 7) is 16.1. The Morgan fingerprint density at radius 3 is 1.65 bits per heavy atom. The number of ether oxygens (including phenoxy) is 1. The number of hydrogen-bond acceptors (Lipinski definition) is 5. The van der Waals surface area contributed by atoms with Crippen LogP contribution in [0.25, 0.3) is 0 Å². The van der Waals surface area contributed by atoms with Crippen molar-refractivity contribution in [3.8, 4) is 0 Å². The molecule has 0 spiro atoms. The predicted molar refractivity (Wildman–Crippen MR) is 282 cm³/mol. The molecule has 0 fully saturated rings. The van der Waals surface area contributed by atoms with E-state index in [1.165, 1.54) is 57.4 Å². The van der Waals surface area contributed by atoms with Crippen LogP contribution in [0.1, 0.15) is 123 Å². The minimum Gasteiger partial charge on any atom is -0.453 e. The molecule has 3 N–H and O–H groups in total. The molecule has 344 valence electrons. The highest BCUT2D eigenvalue weighted by Gasteiger charge is 2.40. The monoisotopic (exact) mass is 900 g/mol. The molecule has 0 aromatic heterocycles. The van der Waals surface area contributed by atoms with Crippen LogP contribution in [0.2, 0.25) is 0 Å². The molecule has 0 aliphatic carbocycles. The summed E-state index contributed by atoms with van der Waals surface area (Å²) in [6, 6.07) is 53.6. The maximum Gasteiger partial charge on any atom is 0.411 e. The standard InChI is InChI=1S/C28H31N3S.C22H26N2O2.C6H6.C2H6/c1-2-15-29-28(32)30-22-18-25-23(20-9-5-3-6-10-20)13-16-31-17-14-24(26(19-22)27(25)31)21-11-7-4-8-12-21;1-15-9-11-24-12-10-22(2,16-7-5-4-6-8-16)19-14-17(23-21(25)26-3)13-18(15)20(19)24;1-2-4-6-5-3-1;1-2/h3-12,18-19,23-24H,2,13-17H2,1H3,(H2,29,30,32);4-8,13-15H,9-12H2,1-3H3,(H,23,25);1-6H;1-2H3. The molecule has 1 amide bonds. The Kier molecular flexibility index (Phi) is 16.6. The third-order valence-corrected chi connectivity index (χ3v) is 13.9. The van der Waals surface area contributed by atoms with Crippen LogP contribution in [-0.4, -0.2) is 51.0 Å². The molecular formula is C58H69N5O2S. The van der Waals surface area contributed by atoms with Gasteiger partial charge in [-0.05, 0) is 113 Å². The van der Waals surface area contributed by atoms with Crippen LogP contribution in [0.4, 0.5) is 27.5 Å². The van der Waals surface area contributed by atoms with Gasteiger partial charge in [0.2, 0.25) is 0 Å². The number of benzene rings is 6. The van der Waals surface area contributed by atoms with Crippen LogP contribution in [0.5, 0.6) is 0 Å². The molecule has 4 unspecified atom stereocenters. The molecule has 0 radical (unpaired) electrons. The summed E-state index contributed by atoms with van der Waals surface area (Å²) in [5.41, 5.74) is 14.3. The molecule has 66 heavy (non-hydrogen) atoms. The van der Waals surface area contributed by atoms with E-state index >= 15 is 0 Å². The normalized spacial score (nSPS) is 19.6. The molecule has 0 bridgehead atoms. The first-order valence-electron chi connectivity index (χ1n) is 24.2. The molecule has 4 aliphatic rings. The number of carbonyl (C=O) groups is 1. The Hall–Kier alpha value is -6.12. The zero-order valence-corrected chi connectivity index (χ0v) is 40.7. The second kappa shape index (κ2) is 22.9. The van der Waals surface area contributed by atoms with Gasteiger partial charge in [0.15, 0.2) is 5.11 Å². The highest BCUT2D eigenvalue weighted by molar-refractivity contribution is 7.80. The lowest BCUT2D eigenvalue weighted by atomic mass is 9.68. The van der Waals surface area contributed by atoms with Gasteiger partial charge in [0.05, 0.1) is 7.11 Å². The van der Waals surface area contributed by atoms with Crippen LogP contribution in [0, 0.1) is 0 Å². The highest BCUT2D eigenvalue weighted by atomic mass is 32.1. The van der Waals surface area contributed by atoms with Crippen LogP contribution in [0.3, 0.4) is 0 Å². The summed E-state index contributed by atoms with van der Waals surface area (Å²) in [5.74, 6) is 1.31. The van der Waals surface area contributed by atoms with Crippen molar-refractivity contribution < 1.29 is 9.53 Å². The van der Waals surface area contributed by atoms with Crippen molar-refractivity contribution >= 4 is 46.2 Å². The number of rotatable bonds is 7. The third kappa shape index (κ3) is 10.9. The van der Waals surface area contributed by atoms with E-state index in [0.29, 0.717) is 22.9 Å². The average molecular weight is 900 g/mol. The van der Waals surface area contributed by atoms with E-state index in [0.717, 1.165) is 76.2 Å². The van der Waals surface area contributed by atoms with Crippen LogP contribution < -0.4 is 25.8 Å². The first-order valence-corrected chi connectivity index (χ1v) is 24.6. The first-order chi connectivity index (χ1) is 32.3. The van der Waals surface area contributed by atoms with Gasteiger partial charge < -0.3 is 25.2 Å². The third-order valence-electron chi connectivity index (χ3n) is 13.6. The molecule has 7 nitrogen and oxygen atoms in total. The van der Waals surface area contributed by atoms with E-state index in [9.17, 15) is 4.79 Å².